The zero-order valence-electron chi connectivity index (χ0n) is 9.36. The molecule has 1 aliphatic rings. The Morgan fingerprint density at radius 3 is 2.80 bits per heavy atom. The van der Waals surface area contributed by atoms with Gasteiger partial charge in [-0.25, -0.2) is 0 Å². The molecule has 1 atom stereocenters. The lowest BCUT2D eigenvalue weighted by Crippen LogP contribution is -2.25. The summed E-state index contributed by atoms with van der Waals surface area (Å²) in [5, 5.41) is 3.87. The van der Waals surface area contributed by atoms with E-state index in [2.05, 4.69) is 19.0 Å². The first-order valence-corrected chi connectivity index (χ1v) is 5.31. The van der Waals surface area contributed by atoms with E-state index < -0.39 is 0 Å². The molecule has 1 aromatic heterocycles. The predicted octanol–water partition coefficient (Wildman–Crippen LogP) is 1.99. The molecule has 1 saturated heterocycles. The lowest BCUT2D eigenvalue weighted by atomic mass is 9.95. The van der Waals surface area contributed by atoms with Gasteiger partial charge in [-0.15, -0.1) is 0 Å². The van der Waals surface area contributed by atoms with Crippen molar-refractivity contribution in [2.45, 2.75) is 27.2 Å². The number of rotatable bonds is 2. The summed E-state index contributed by atoms with van der Waals surface area (Å²) in [5.74, 6) is 2.52. The van der Waals surface area contributed by atoms with Gasteiger partial charge in [-0.2, -0.15) is 0 Å². The van der Waals surface area contributed by atoms with Gasteiger partial charge in [-0.05, 0) is 18.8 Å². The number of hydrogen-bond acceptors (Lipinski definition) is 3. The summed E-state index contributed by atoms with van der Waals surface area (Å²) < 4.78 is 4.98. The SMILES string of the molecule is Cc1cc(N2CC(C(C)C)CC2=O)no1. The lowest BCUT2D eigenvalue weighted by molar-refractivity contribution is -0.117. The summed E-state index contributed by atoms with van der Waals surface area (Å²) in [5.41, 5.74) is 0. The molecule has 4 nitrogen and oxygen atoms in total. The van der Waals surface area contributed by atoms with E-state index in [4.69, 9.17) is 4.52 Å². The third-order valence-corrected chi connectivity index (χ3v) is 2.99. The molecule has 0 spiro atoms. The second-order valence-corrected chi connectivity index (χ2v) is 4.51. The minimum absolute atomic E-state index is 0.155. The third-order valence-electron chi connectivity index (χ3n) is 2.99. The number of hydrogen-bond donors (Lipinski definition) is 0. The standard InChI is InChI=1S/C11H16N2O2/c1-7(2)9-5-11(14)13(6-9)10-4-8(3)15-12-10/h4,7,9H,5-6H2,1-3H3. The van der Waals surface area contributed by atoms with Gasteiger partial charge in [0.25, 0.3) is 0 Å². The van der Waals surface area contributed by atoms with Crippen molar-refractivity contribution < 1.29 is 9.32 Å². The molecule has 1 unspecified atom stereocenters. The molecule has 1 aromatic rings. The summed E-state index contributed by atoms with van der Waals surface area (Å²) >= 11 is 0. The fraction of sp³-hybridized carbons (Fsp3) is 0.636. The van der Waals surface area contributed by atoms with Crippen LogP contribution >= 0.6 is 0 Å². The molecular weight excluding hydrogens is 192 g/mol. The molecule has 1 amide bonds. The highest BCUT2D eigenvalue weighted by Crippen LogP contribution is 2.28. The van der Waals surface area contributed by atoms with E-state index in [1.807, 2.05) is 6.92 Å². The Bertz CT molecular complexity index is 370. The molecule has 1 fully saturated rings. The highest BCUT2D eigenvalue weighted by molar-refractivity contribution is 5.94. The van der Waals surface area contributed by atoms with E-state index in [1.54, 1.807) is 11.0 Å². The van der Waals surface area contributed by atoms with Crippen LogP contribution in [0.5, 0.6) is 0 Å². The zero-order chi connectivity index (χ0) is 11.0. The number of aromatic nitrogens is 1. The fourth-order valence-electron chi connectivity index (χ4n) is 1.88. The van der Waals surface area contributed by atoms with Crippen molar-refractivity contribution in [1.82, 2.24) is 5.16 Å². The molecule has 1 aliphatic heterocycles. The van der Waals surface area contributed by atoms with Crippen LogP contribution in [0.3, 0.4) is 0 Å². The average Bonchev–Trinajstić information content (AvgIpc) is 2.71. The summed E-state index contributed by atoms with van der Waals surface area (Å²) in [7, 11) is 0. The second-order valence-electron chi connectivity index (χ2n) is 4.51. The number of carbonyl (C=O) groups excluding carboxylic acids is 1. The number of amides is 1. The minimum atomic E-state index is 0.155. The maximum Gasteiger partial charge on any atom is 0.228 e. The summed E-state index contributed by atoms with van der Waals surface area (Å²) in [6, 6.07) is 1.81. The second kappa shape index (κ2) is 3.68. The minimum Gasteiger partial charge on any atom is -0.360 e. The topological polar surface area (TPSA) is 46.3 Å². The van der Waals surface area contributed by atoms with E-state index in [9.17, 15) is 4.79 Å². The molecule has 2 rings (SSSR count). The van der Waals surface area contributed by atoms with Crippen molar-refractivity contribution in [3.8, 4) is 0 Å². The molecule has 15 heavy (non-hydrogen) atoms. The van der Waals surface area contributed by atoms with Gasteiger partial charge in [0.1, 0.15) is 5.76 Å². The Morgan fingerprint density at radius 2 is 2.33 bits per heavy atom. The van der Waals surface area contributed by atoms with Crippen LogP contribution in [0.1, 0.15) is 26.0 Å². The molecule has 82 valence electrons. The van der Waals surface area contributed by atoms with Crippen LogP contribution in [0.2, 0.25) is 0 Å². The Morgan fingerprint density at radius 1 is 1.60 bits per heavy atom. The number of aryl methyl sites for hydroxylation is 1. The summed E-state index contributed by atoms with van der Waals surface area (Å²) in [4.78, 5) is 13.5. The van der Waals surface area contributed by atoms with Crippen molar-refractivity contribution >= 4 is 11.7 Å². The largest absolute Gasteiger partial charge is 0.360 e. The molecule has 0 N–H and O–H groups in total. The predicted molar refractivity (Wildman–Crippen MR) is 56.5 cm³/mol. The van der Waals surface area contributed by atoms with Gasteiger partial charge in [0.05, 0.1) is 0 Å². The monoisotopic (exact) mass is 208 g/mol. The van der Waals surface area contributed by atoms with E-state index in [0.29, 0.717) is 24.1 Å². The molecule has 0 aromatic carbocycles. The smallest absolute Gasteiger partial charge is 0.228 e. The number of anilines is 1. The highest BCUT2D eigenvalue weighted by atomic mass is 16.5. The maximum atomic E-state index is 11.7. The van der Waals surface area contributed by atoms with Crippen LogP contribution in [-0.2, 0) is 4.79 Å². The Balaban J connectivity index is 2.15. The lowest BCUT2D eigenvalue weighted by Gasteiger charge is -2.14. The molecule has 0 bridgehead atoms. The molecule has 4 heteroatoms. The van der Waals surface area contributed by atoms with Gasteiger partial charge in [0, 0.05) is 19.0 Å². The normalized spacial score (nSPS) is 21.7. The first kappa shape index (κ1) is 10.2. The van der Waals surface area contributed by atoms with Gasteiger partial charge in [0.15, 0.2) is 5.82 Å². The fourth-order valence-corrected chi connectivity index (χ4v) is 1.88. The van der Waals surface area contributed by atoms with Crippen molar-refractivity contribution in [2.24, 2.45) is 11.8 Å². The number of carbonyl (C=O) groups is 1. The van der Waals surface area contributed by atoms with Gasteiger partial charge < -0.3 is 4.52 Å². The van der Waals surface area contributed by atoms with Crippen molar-refractivity contribution in [3.05, 3.63) is 11.8 Å². The highest BCUT2D eigenvalue weighted by Gasteiger charge is 2.33. The molecule has 2 heterocycles. The van der Waals surface area contributed by atoms with Gasteiger partial charge in [-0.1, -0.05) is 19.0 Å². The van der Waals surface area contributed by atoms with E-state index in [-0.39, 0.29) is 5.91 Å². The molecular formula is C11H16N2O2. The van der Waals surface area contributed by atoms with Crippen LogP contribution < -0.4 is 4.90 Å². The van der Waals surface area contributed by atoms with Crippen LogP contribution in [0.15, 0.2) is 10.6 Å². The van der Waals surface area contributed by atoms with E-state index in [0.717, 1.165) is 12.3 Å². The van der Waals surface area contributed by atoms with Crippen molar-refractivity contribution in [2.75, 3.05) is 11.4 Å². The first-order chi connectivity index (χ1) is 7.08. The Hall–Kier alpha value is -1.32. The average molecular weight is 208 g/mol. The van der Waals surface area contributed by atoms with Crippen LogP contribution in [-0.4, -0.2) is 17.6 Å². The van der Waals surface area contributed by atoms with Gasteiger partial charge >= 0.3 is 0 Å². The first-order valence-electron chi connectivity index (χ1n) is 5.31. The quantitative estimate of drug-likeness (QED) is 0.746. The summed E-state index contributed by atoms with van der Waals surface area (Å²) in [6.07, 6.45) is 0.629. The Kier molecular flexibility index (Phi) is 2.50. The Labute approximate surface area is 89.2 Å². The summed E-state index contributed by atoms with van der Waals surface area (Å²) in [6.45, 7) is 6.89. The molecule has 0 radical (unpaired) electrons. The zero-order valence-corrected chi connectivity index (χ0v) is 9.36. The molecule has 0 aliphatic carbocycles. The van der Waals surface area contributed by atoms with Gasteiger partial charge in [-0.3, -0.25) is 9.69 Å². The van der Waals surface area contributed by atoms with Crippen LogP contribution in [0, 0.1) is 18.8 Å². The van der Waals surface area contributed by atoms with Gasteiger partial charge in [0.2, 0.25) is 5.91 Å². The molecule has 0 saturated carbocycles. The van der Waals surface area contributed by atoms with Crippen LogP contribution in [0.25, 0.3) is 0 Å². The van der Waals surface area contributed by atoms with Crippen LogP contribution in [0.4, 0.5) is 5.82 Å². The van der Waals surface area contributed by atoms with Crippen molar-refractivity contribution in [3.63, 3.8) is 0 Å². The van der Waals surface area contributed by atoms with E-state index >= 15 is 0 Å². The van der Waals surface area contributed by atoms with E-state index in [1.165, 1.54) is 0 Å². The number of nitrogens with zero attached hydrogens (tertiary/aromatic N) is 2. The van der Waals surface area contributed by atoms with Crippen molar-refractivity contribution in [1.29, 1.82) is 0 Å². The maximum absolute atomic E-state index is 11.7. The third kappa shape index (κ3) is 1.89.